The van der Waals surface area contributed by atoms with Gasteiger partial charge in [0.1, 0.15) is 0 Å². The van der Waals surface area contributed by atoms with Crippen LogP contribution in [0.2, 0.25) is 0 Å². The van der Waals surface area contributed by atoms with E-state index in [-0.39, 0.29) is 11.5 Å². The molecule has 1 fully saturated rings. The zero-order valence-electron chi connectivity index (χ0n) is 15.3. The van der Waals surface area contributed by atoms with Gasteiger partial charge >= 0.3 is 0 Å². The first-order valence-corrected chi connectivity index (χ1v) is 9.06. The van der Waals surface area contributed by atoms with Crippen LogP contribution in [0.5, 0.6) is 0 Å². The third-order valence-electron chi connectivity index (χ3n) is 5.05. The first kappa shape index (κ1) is 18.4. The fourth-order valence-corrected chi connectivity index (χ4v) is 3.41. The van der Waals surface area contributed by atoms with Crippen LogP contribution in [0.4, 0.5) is 0 Å². The quantitative estimate of drug-likeness (QED) is 0.845. The maximum absolute atomic E-state index is 10.5. The van der Waals surface area contributed by atoms with E-state index < -0.39 is 0 Å². The van der Waals surface area contributed by atoms with E-state index >= 15 is 0 Å². The SMILES string of the molecule is CCN1CC(CC(O)C(C)(C)C)CC(NCc2ccccc2)C1. The van der Waals surface area contributed by atoms with Crippen molar-refractivity contribution in [1.82, 2.24) is 10.2 Å². The number of hydrogen-bond donors (Lipinski definition) is 2. The molecule has 0 aliphatic carbocycles. The molecule has 0 radical (unpaired) electrons. The van der Waals surface area contributed by atoms with Crippen LogP contribution in [0.25, 0.3) is 0 Å². The van der Waals surface area contributed by atoms with Crippen LogP contribution >= 0.6 is 0 Å². The summed E-state index contributed by atoms with van der Waals surface area (Å²) in [4.78, 5) is 2.52. The molecule has 1 aliphatic rings. The van der Waals surface area contributed by atoms with Crippen molar-refractivity contribution in [3.8, 4) is 0 Å². The number of aliphatic hydroxyl groups is 1. The second-order valence-electron chi connectivity index (χ2n) is 8.13. The second-order valence-corrected chi connectivity index (χ2v) is 8.13. The molecule has 2 N–H and O–H groups in total. The summed E-state index contributed by atoms with van der Waals surface area (Å²) in [6.07, 6.45) is 1.85. The molecule has 1 saturated heterocycles. The van der Waals surface area contributed by atoms with Gasteiger partial charge in [0.2, 0.25) is 0 Å². The number of likely N-dealkylation sites (tertiary alicyclic amines) is 1. The number of rotatable bonds is 6. The van der Waals surface area contributed by atoms with Crippen molar-refractivity contribution < 1.29 is 5.11 Å². The van der Waals surface area contributed by atoms with Crippen LogP contribution in [0.15, 0.2) is 30.3 Å². The molecule has 3 heteroatoms. The number of nitrogens with zero attached hydrogens (tertiary/aromatic N) is 1. The van der Waals surface area contributed by atoms with E-state index in [2.05, 4.69) is 68.2 Å². The summed E-state index contributed by atoms with van der Waals surface area (Å²) in [6, 6.07) is 11.1. The Bertz CT molecular complexity index is 454. The van der Waals surface area contributed by atoms with Crippen molar-refractivity contribution in [3.05, 3.63) is 35.9 Å². The van der Waals surface area contributed by atoms with E-state index in [1.54, 1.807) is 0 Å². The van der Waals surface area contributed by atoms with Gasteiger partial charge in [-0.1, -0.05) is 58.0 Å². The number of aliphatic hydroxyl groups excluding tert-OH is 1. The maximum Gasteiger partial charge on any atom is 0.0591 e. The van der Waals surface area contributed by atoms with E-state index in [9.17, 15) is 5.11 Å². The predicted molar refractivity (Wildman–Crippen MR) is 97.4 cm³/mol. The highest BCUT2D eigenvalue weighted by Crippen LogP contribution is 2.29. The van der Waals surface area contributed by atoms with E-state index in [4.69, 9.17) is 0 Å². The molecule has 3 unspecified atom stereocenters. The zero-order valence-corrected chi connectivity index (χ0v) is 15.3. The minimum Gasteiger partial charge on any atom is -0.393 e. The highest BCUT2D eigenvalue weighted by atomic mass is 16.3. The minimum absolute atomic E-state index is 0.0263. The molecule has 0 bridgehead atoms. The number of likely N-dealkylation sites (N-methyl/N-ethyl adjacent to an activating group) is 1. The lowest BCUT2D eigenvalue weighted by atomic mass is 9.80. The van der Waals surface area contributed by atoms with Gasteiger partial charge in [0.05, 0.1) is 6.10 Å². The Morgan fingerprint density at radius 2 is 1.91 bits per heavy atom. The molecule has 0 saturated carbocycles. The highest BCUT2D eigenvalue weighted by molar-refractivity contribution is 5.14. The molecule has 3 atom stereocenters. The minimum atomic E-state index is -0.223. The fraction of sp³-hybridized carbons (Fsp3) is 0.700. The van der Waals surface area contributed by atoms with Crippen molar-refractivity contribution in [2.45, 2.75) is 59.2 Å². The van der Waals surface area contributed by atoms with Crippen LogP contribution < -0.4 is 5.32 Å². The van der Waals surface area contributed by atoms with Gasteiger partial charge in [-0.3, -0.25) is 0 Å². The maximum atomic E-state index is 10.5. The average molecular weight is 319 g/mol. The molecule has 1 aromatic carbocycles. The van der Waals surface area contributed by atoms with Gasteiger partial charge in [-0.25, -0.2) is 0 Å². The molecular weight excluding hydrogens is 284 g/mol. The Labute approximate surface area is 142 Å². The summed E-state index contributed by atoms with van der Waals surface area (Å²) < 4.78 is 0. The molecule has 3 nitrogen and oxygen atoms in total. The highest BCUT2D eigenvalue weighted by Gasteiger charge is 2.31. The molecule has 130 valence electrons. The lowest BCUT2D eigenvalue weighted by Crippen LogP contribution is -2.49. The van der Waals surface area contributed by atoms with Crippen molar-refractivity contribution >= 4 is 0 Å². The monoisotopic (exact) mass is 318 g/mol. The summed E-state index contributed by atoms with van der Waals surface area (Å²) in [5.74, 6) is 0.575. The van der Waals surface area contributed by atoms with Crippen LogP contribution in [0.3, 0.4) is 0 Å². The zero-order chi connectivity index (χ0) is 16.9. The summed E-state index contributed by atoms with van der Waals surface area (Å²) in [6.45, 7) is 12.9. The van der Waals surface area contributed by atoms with E-state index in [1.807, 2.05) is 0 Å². The molecule has 0 aromatic heterocycles. The van der Waals surface area contributed by atoms with Crippen molar-refractivity contribution in [3.63, 3.8) is 0 Å². The van der Waals surface area contributed by atoms with Gasteiger partial charge in [0.25, 0.3) is 0 Å². The Morgan fingerprint density at radius 1 is 1.22 bits per heavy atom. The summed E-state index contributed by atoms with van der Waals surface area (Å²) >= 11 is 0. The van der Waals surface area contributed by atoms with Crippen LogP contribution in [-0.4, -0.2) is 41.8 Å². The normalized spacial score (nSPS) is 24.6. The van der Waals surface area contributed by atoms with Crippen molar-refractivity contribution in [1.29, 1.82) is 0 Å². The molecular formula is C20H34N2O. The molecule has 0 spiro atoms. The number of benzene rings is 1. The standard InChI is InChI=1S/C20H34N2O/c1-5-22-14-17(12-19(23)20(2,3)4)11-18(15-22)21-13-16-9-7-6-8-10-16/h6-10,17-19,21,23H,5,11-15H2,1-4H3. The smallest absolute Gasteiger partial charge is 0.0591 e. The lowest BCUT2D eigenvalue weighted by molar-refractivity contribution is 0.0227. The first-order valence-electron chi connectivity index (χ1n) is 9.06. The van der Waals surface area contributed by atoms with Gasteiger partial charge in [-0.2, -0.15) is 0 Å². The Balaban J connectivity index is 1.89. The predicted octanol–water partition coefficient (Wildman–Crippen LogP) is 3.28. The molecule has 23 heavy (non-hydrogen) atoms. The number of nitrogens with one attached hydrogen (secondary N) is 1. The topological polar surface area (TPSA) is 35.5 Å². The summed E-state index contributed by atoms with van der Waals surface area (Å²) in [5, 5.41) is 14.2. The lowest BCUT2D eigenvalue weighted by Gasteiger charge is -2.40. The van der Waals surface area contributed by atoms with Gasteiger partial charge in [-0.05, 0) is 36.3 Å². The number of hydrogen-bond acceptors (Lipinski definition) is 3. The third kappa shape index (κ3) is 5.91. The van der Waals surface area contributed by atoms with Crippen LogP contribution in [-0.2, 0) is 6.54 Å². The molecule has 0 amide bonds. The Kier molecular flexibility index (Phi) is 6.63. The van der Waals surface area contributed by atoms with Gasteiger partial charge in [0, 0.05) is 25.7 Å². The summed E-state index contributed by atoms with van der Waals surface area (Å²) in [5.41, 5.74) is 1.31. The van der Waals surface area contributed by atoms with Gasteiger partial charge in [-0.15, -0.1) is 0 Å². The largest absolute Gasteiger partial charge is 0.393 e. The van der Waals surface area contributed by atoms with E-state index in [0.29, 0.717) is 12.0 Å². The molecule has 1 aromatic rings. The Hall–Kier alpha value is -0.900. The molecule has 1 heterocycles. The average Bonchev–Trinajstić information content (AvgIpc) is 2.52. The fourth-order valence-electron chi connectivity index (χ4n) is 3.41. The van der Waals surface area contributed by atoms with Crippen molar-refractivity contribution in [2.75, 3.05) is 19.6 Å². The van der Waals surface area contributed by atoms with Gasteiger partial charge in [0.15, 0.2) is 0 Å². The van der Waals surface area contributed by atoms with Crippen LogP contribution in [0.1, 0.15) is 46.1 Å². The van der Waals surface area contributed by atoms with Gasteiger partial charge < -0.3 is 15.3 Å². The van der Waals surface area contributed by atoms with Crippen LogP contribution in [0, 0.1) is 11.3 Å². The summed E-state index contributed by atoms with van der Waals surface area (Å²) in [7, 11) is 0. The second kappa shape index (κ2) is 8.27. The van der Waals surface area contributed by atoms with E-state index in [0.717, 1.165) is 39.0 Å². The molecule has 1 aliphatic heterocycles. The molecule has 2 rings (SSSR count). The van der Waals surface area contributed by atoms with Crippen molar-refractivity contribution in [2.24, 2.45) is 11.3 Å². The van der Waals surface area contributed by atoms with E-state index in [1.165, 1.54) is 5.56 Å². The number of piperidine rings is 1. The first-order chi connectivity index (χ1) is 10.9. The third-order valence-corrected chi connectivity index (χ3v) is 5.05. The Morgan fingerprint density at radius 3 is 2.52 bits per heavy atom.